The normalized spacial score (nSPS) is 15.7. The summed E-state index contributed by atoms with van der Waals surface area (Å²) in [5, 5.41) is 11.3. The molecular formula is C31H29N3O4S. The zero-order chi connectivity index (χ0) is 27.4. The molecule has 2 aliphatic heterocycles. The number of benzene rings is 3. The van der Waals surface area contributed by atoms with Gasteiger partial charge in [0.2, 0.25) is 0 Å². The molecule has 0 aromatic heterocycles. The number of thioether (sulfide) groups is 1. The number of aliphatic imine (C=N–C) groups is 1. The van der Waals surface area contributed by atoms with Gasteiger partial charge in [-0.2, -0.15) is 4.99 Å². The van der Waals surface area contributed by atoms with Crippen LogP contribution in [0, 0.1) is 19.3 Å². The third kappa shape index (κ3) is 5.61. The molecule has 1 N–H and O–H groups in total. The molecule has 7 nitrogen and oxygen atoms in total. The number of carbonyl (C=O) groups excluding carboxylic acids is 1. The quantitative estimate of drug-likeness (QED) is 0.248. The molecular weight excluding hydrogens is 510 g/mol. The monoisotopic (exact) mass is 539 g/mol. The molecule has 0 radical (unpaired) electrons. The van der Waals surface area contributed by atoms with Crippen molar-refractivity contribution in [3.8, 4) is 17.2 Å². The standard InChI is InChI=1S/C31H29N3O4S/c1-4-36-27-18-22(13-14-26(27)37-15-16-38-28-20(2)9-8-10-21(28)3)17-24-29(32)34-25(23-11-6-5-7-12-23)19-39-31(34)33-30(24)35/h5-14,17-19,32H,4,15-16H2,1-3H3. The van der Waals surface area contributed by atoms with E-state index in [2.05, 4.69) is 4.99 Å². The van der Waals surface area contributed by atoms with Gasteiger partial charge in [-0.1, -0.05) is 66.4 Å². The minimum absolute atomic E-state index is 0.0898. The van der Waals surface area contributed by atoms with Crippen molar-refractivity contribution < 1.29 is 19.0 Å². The van der Waals surface area contributed by atoms with Gasteiger partial charge in [0, 0.05) is 5.41 Å². The van der Waals surface area contributed by atoms with Gasteiger partial charge in [0.25, 0.3) is 5.91 Å². The first kappa shape index (κ1) is 26.3. The molecule has 3 aromatic carbocycles. The summed E-state index contributed by atoms with van der Waals surface area (Å²) in [5.74, 6) is 1.66. The van der Waals surface area contributed by atoms with Crippen LogP contribution >= 0.6 is 11.8 Å². The minimum Gasteiger partial charge on any atom is -0.490 e. The summed E-state index contributed by atoms with van der Waals surface area (Å²) in [7, 11) is 0. The van der Waals surface area contributed by atoms with Gasteiger partial charge in [0.15, 0.2) is 16.7 Å². The van der Waals surface area contributed by atoms with Crippen molar-refractivity contribution in [3.05, 3.63) is 100.0 Å². The lowest BCUT2D eigenvalue weighted by Crippen LogP contribution is -2.38. The van der Waals surface area contributed by atoms with E-state index in [0.717, 1.165) is 28.1 Å². The van der Waals surface area contributed by atoms with Gasteiger partial charge in [0.05, 0.1) is 17.9 Å². The molecule has 0 bridgehead atoms. The van der Waals surface area contributed by atoms with Crippen LogP contribution < -0.4 is 14.2 Å². The van der Waals surface area contributed by atoms with Gasteiger partial charge in [0.1, 0.15) is 24.8 Å². The SMILES string of the molecule is CCOc1cc(C=C2C(=N)N3C(c4ccccc4)=CSC3=NC2=O)ccc1OCCOc1c(C)cccc1C. The first-order valence-electron chi connectivity index (χ1n) is 12.7. The Morgan fingerprint density at radius 1 is 0.923 bits per heavy atom. The number of ether oxygens (including phenoxy) is 3. The van der Waals surface area contributed by atoms with Crippen molar-refractivity contribution in [1.82, 2.24) is 4.90 Å². The predicted octanol–water partition coefficient (Wildman–Crippen LogP) is 6.46. The van der Waals surface area contributed by atoms with Crippen molar-refractivity contribution in [2.24, 2.45) is 4.99 Å². The van der Waals surface area contributed by atoms with E-state index in [9.17, 15) is 4.79 Å². The van der Waals surface area contributed by atoms with E-state index in [1.807, 2.05) is 92.9 Å². The van der Waals surface area contributed by atoms with Crippen LogP contribution in [-0.2, 0) is 4.79 Å². The van der Waals surface area contributed by atoms with Gasteiger partial charge in [-0.25, -0.2) is 0 Å². The first-order valence-corrected chi connectivity index (χ1v) is 13.6. The molecule has 5 rings (SSSR count). The average molecular weight is 540 g/mol. The molecule has 2 heterocycles. The van der Waals surface area contributed by atoms with E-state index in [0.29, 0.717) is 42.1 Å². The van der Waals surface area contributed by atoms with Crippen molar-refractivity contribution >= 4 is 40.4 Å². The third-order valence-corrected chi connectivity index (χ3v) is 7.08. The minimum atomic E-state index is -0.441. The predicted molar refractivity (Wildman–Crippen MR) is 157 cm³/mol. The van der Waals surface area contributed by atoms with Gasteiger partial charge in [-0.3, -0.25) is 15.1 Å². The largest absolute Gasteiger partial charge is 0.490 e. The third-order valence-electron chi connectivity index (χ3n) is 6.26. The molecule has 1 amide bonds. The summed E-state index contributed by atoms with van der Waals surface area (Å²) in [6.07, 6.45) is 1.67. The number of amides is 1. The number of aryl methyl sites for hydroxylation is 2. The Morgan fingerprint density at radius 3 is 2.41 bits per heavy atom. The molecule has 8 heteroatoms. The number of carbonyl (C=O) groups is 1. The lowest BCUT2D eigenvalue weighted by Gasteiger charge is -2.27. The zero-order valence-electron chi connectivity index (χ0n) is 22.1. The fourth-order valence-corrected chi connectivity index (χ4v) is 5.29. The van der Waals surface area contributed by atoms with E-state index in [-0.39, 0.29) is 11.4 Å². The number of rotatable bonds is 9. The molecule has 0 aliphatic carbocycles. The zero-order valence-corrected chi connectivity index (χ0v) is 22.9. The topological polar surface area (TPSA) is 84.2 Å². The first-order chi connectivity index (χ1) is 19.0. The van der Waals surface area contributed by atoms with Crippen LogP contribution in [0.1, 0.15) is 29.2 Å². The summed E-state index contributed by atoms with van der Waals surface area (Å²) >= 11 is 1.34. The maximum atomic E-state index is 12.9. The summed E-state index contributed by atoms with van der Waals surface area (Å²) in [6.45, 7) is 7.13. The molecule has 0 saturated carbocycles. The molecule has 0 fully saturated rings. The van der Waals surface area contributed by atoms with Gasteiger partial charge in [-0.05, 0) is 61.2 Å². The highest BCUT2D eigenvalue weighted by Crippen LogP contribution is 2.38. The maximum absolute atomic E-state index is 12.9. The highest BCUT2D eigenvalue weighted by Gasteiger charge is 2.36. The summed E-state index contributed by atoms with van der Waals surface area (Å²) in [6, 6.07) is 21.3. The van der Waals surface area contributed by atoms with E-state index in [4.69, 9.17) is 19.6 Å². The van der Waals surface area contributed by atoms with E-state index < -0.39 is 5.91 Å². The number of hydrogen-bond donors (Lipinski definition) is 1. The number of para-hydroxylation sites is 1. The Balaban J connectivity index is 1.32. The van der Waals surface area contributed by atoms with Gasteiger partial charge in [-0.15, -0.1) is 0 Å². The van der Waals surface area contributed by atoms with Crippen molar-refractivity contribution in [1.29, 1.82) is 5.41 Å². The smallest absolute Gasteiger partial charge is 0.283 e. The second kappa shape index (κ2) is 11.6. The van der Waals surface area contributed by atoms with Crippen LogP contribution in [0.4, 0.5) is 0 Å². The van der Waals surface area contributed by atoms with Crippen LogP contribution in [0.25, 0.3) is 11.8 Å². The lowest BCUT2D eigenvalue weighted by molar-refractivity contribution is -0.114. The van der Waals surface area contributed by atoms with Crippen molar-refractivity contribution in [3.63, 3.8) is 0 Å². The molecule has 2 aliphatic rings. The molecule has 3 aromatic rings. The Morgan fingerprint density at radius 2 is 1.67 bits per heavy atom. The van der Waals surface area contributed by atoms with Gasteiger partial charge >= 0.3 is 0 Å². The molecule has 0 atom stereocenters. The van der Waals surface area contributed by atoms with E-state index in [1.165, 1.54) is 11.8 Å². The molecule has 0 spiro atoms. The lowest BCUT2D eigenvalue weighted by atomic mass is 10.1. The fourth-order valence-electron chi connectivity index (χ4n) is 4.41. The van der Waals surface area contributed by atoms with E-state index in [1.54, 1.807) is 11.0 Å². The van der Waals surface area contributed by atoms with Gasteiger partial charge < -0.3 is 14.2 Å². The molecule has 0 saturated heterocycles. The van der Waals surface area contributed by atoms with E-state index >= 15 is 0 Å². The number of nitrogens with one attached hydrogen (secondary N) is 1. The molecule has 0 unspecified atom stereocenters. The van der Waals surface area contributed by atoms with Crippen LogP contribution in [0.3, 0.4) is 0 Å². The number of amidine groups is 2. The summed E-state index contributed by atoms with van der Waals surface area (Å²) in [4.78, 5) is 18.8. The van der Waals surface area contributed by atoms with Crippen molar-refractivity contribution in [2.45, 2.75) is 20.8 Å². The molecule has 39 heavy (non-hydrogen) atoms. The number of nitrogens with zero attached hydrogens (tertiary/aromatic N) is 2. The Kier molecular flexibility index (Phi) is 7.84. The van der Waals surface area contributed by atoms with Crippen LogP contribution in [0.15, 0.2) is 82.7 Å². The number of hydrogen-bond acceptors (Lipinski definition) is 6. The van der Waals surface area contributed by atoms with Crippen molar-refractivity contribution in [2.75, 3.05) is 19.8 Å². The fraction of sp³-hybridized carbons (Fsp3) is 0.194. The van der Waals surface area contributed by atoms with Crippen LogP contribution in [0.5, 0.6) is 17.2 Å². The Bertz CT molecular complexity index is 1490. The van der Waals surface area contributed by atoms with Crippen LogP contribution in [0.2, 0.25) is 0 Å². The Labute approximate surface area is 232 Å². The molecule has 198 valence electrons. The summed E-state index contributed by atoms with van der Waals surface area (Å²) in [5.41, 5.74) is 4.86. The highest BCUT2D eigenvalue weighted by atomic mass is 32.2. The Hall–Kier alpha value is -4.30. The average Bonchev–Trinajstić information content (AvgIpc) is 3.36. The maximum Gasteiger partial charge on any atom is 0.283 e. The second-order valence-electron chi connectivity index (χ2n) is 8.99. The second-order valence-corrected chi connectivity index (χ2v) is 9.82. The van der Waals surface area contributed by atoms with Crippen LogP contribution in [-0.4, -0.2) is 41.6 Å². The number of fused-ring (bicyclic) bond motifs is 1. The summed E-state index contributed by atoms with van der Waals surface area (Å²) < 4.78 is 17.8. The highest BCUT2D eigenvalue weighted by molar-refractivity contribution is 8.17.